The van der Waals surface area contributed by atoms with Gasteiger partial charge in [0.25, 0.3) is 0 Å². The molecule has 10 heavy (non-hydrogen) atoms. The molecule has 1 aromatic carbocycles. The first-order valence-electron chi connectivity index (χ1n) is 3.22. The summed E-state index contributed by atoms with van der Waals surface area (Å²) in [4.78, 5) is 0. The molecule has 0 unspecified atom stereocenters. The van der Waals surface area contributed by atoms with Gasteiger partial charge in [0.05, 0.1) is 10.2 Å². The minimum Gasteiger partial charge on any atom is -0.493 e. The molecule has 0 N–H and O–H groups in total. The van der Waals surface area contributed by atoms with Crippen LogP contribution in [-0.2, 0) is 0 Å². The van der Waals surface area contributed by atoms with E-state index in [1.54, 1.807) is 0 Å². The molecule has 0 aliphatic heterocycles. The van der Waals surface area contributed by atoms with E-state index < -0.39 is 0 Å². The zero-order valence-corrected chi connectivity index (χ0v) is 7.96. The van der Waals surface area contributed by atoms with Crippen LogP contribution in [0.3, 0.4) is 0 Å². The fraction of sp³-hybridized carbons (Fsp3) is 0.250. The predicted molar refractivity (Wildman–Crippen MR) is 50.3 cm³/mol. The summed E-state index contributed by atoms with van der Waals surface area (Å²) in [6.07, 6.45) is 0. The van der Waals surface area contributed by atoms with E-state index in [1.165, 1.54) is 3.57 Å². The molecular weight excluding hydrogens is 239 g/mol. The minimum absolute atomic E-state index is 0.736. The van der Waals surface area contributed by atoms with Gasteiger partial charge in [0.2, 0.25) is 0 Å². The van der Waals surface area contributed by atoms with Crippen LogP contribution in [0.5, 0.6) is 5.75 Å². The monoisotopic (exact) mass is 248 g/mol. The fourth-order valence-electron chi connectivity index (χ4n) is 0.717. The van der Waals surface area contributed by atoms with Crippen LogP contribution < -0.4 is 4.74 Å². The summed E-state index contributed by atoms with van der Waals surface area (Å²) in [5.41, 5.74) is 0. The third-order valence-corrected chi connectivity index (χ3v) is 2.03. The molecule has 0 saturated heterocycles. The Bertz CT molecular complexity index is 210. The highest BCUT2D eigenvalue weighted by atomic mass is 127. The maximum atomic E-state index is 5.33. The summed E-state index contributed by atoms with van der Waals surface area (Å²) >= 11 is 2.26. The molecule has 0 saturated carbocycles. The molecule has 0 aliphatic rings. The summed E-state index contributed by atoms with van der Waals surface area (Å²) in [5.74, 6) is 0.977. The standard InChI is InChI=1S/C8H9IO/c1-2-10-8-6-4-3-5-7(8)9/h3-6H,2H2,1H3. The van der Waals surface area contributed by atoms with Crippen LogP contribution >= 0.6 is 22.6 Å². The highest BCUT2D eigenvalue weighted by Gasteiger charge is 1.94. The van der Waals surface area contributed by atoms with Gasteiger partial charge in [-0.25, -0.2) is 0 Å². The van der Waals surface area contributed by atoms with Gasteiger partial charge in [-0.2, -0.15) is 0 Å². The summed E-state index contributed by atoms with van der Waals surface area (Å²) in [5, 5.41) is 0. The molecule has 54 valence electrons. The van der Waals surface area contributed by atoms with E-state index >= 15 is 0 Å². The number of rotatable bonds is 2. The molecule has 0 fully saturated rings. The van der Waals surface area contributed by atoms with Gasteiger partial charge in [-0.1, -0.05) is 12.1 Å². The van der Waals surface area contributed by atoms with E-state index in [1.807, 2.05) is 31.2 Å². The summed E-state index contributed by atoms with van der Waals surface area (Å²) in [7, 11) is 0. The largest absolute Gasteiger partial charge is 0.493 e. The van der Waals surface area contributed by atoms with Crippen LogP contribution in [0.25, 0.3) is 0 Å². The molecular formula is C8H9IO. The molecule has 1 rings (SSSR count). The maximum Gasteiger partial charge on any atom is 0.132 e. The van der Waals surface area contributed by atoms with Crippen molar-refractivity contribution in [1.29, 1.82) is 0 Å². The third kappa shape index (κ3) is 1.87. The van der Waals surface area contributed by atoms with Crippen molar-refractivity contribution in [2.75, 3.05) is 6.61 Å². The summed E-state index contributed by atoms with van der Waals surface area (Å²) in [6.45, 7) is 2.73. The SMILES string of the molecule is CCOc1ccccc1I. The Morgan fingerprint density at radius 2 is 2.10 bits per heavy atom. The molecule has 1 nitrogen and oxygen atoms in total. The summed E-state index contributed by atoms with van der Waals surface area (Å²) < 4.78 is 6.50. The highest BCUT2D eigenvalue weighted by Crippen LogP contribution is 2.18. The molecule has 0 radical (unpaired) electrons. The van der Waals surface area contributed by atoms with Gasteiger partial charge in [-0.15, -0.1) is 0 Å². The zero-order valence-electron chi connectivity index (χ0n) is 5.80. The Balaban J connectivity index is 2.81. The van der Waals surface area contributed by atoms with Gasteiger partial charge in [-0.05, 0) is 41.6 Å². The number of hydrogen-bond acceptors (Lipinski definition) is 1. The van der Waals surface area contributed by atoms with E-state index in [9.17, 15) is 0 Å². The van der Waals surface area contributed by atoms with Crippen molar-refractivity contribution in [3.63, 3.8) is 0 Å². The zero-order chi connectivity index (χ0) is 7.40. The maximum absolute atomic E-state index is 5.33. The third-order valence-electron chi connectivity index (χ3n) is 1.14. The Hall–Kier alpha value is -0.250. The predicted octanol–water partition coefficient (Wildman–Crippen LogP) is 2.69. The number of para-hydroxylation sites is 1. The average Bonchev–Trinajstić information content (AvgIpc) is 1.94. The Morgan fingerprint density at radius 1 is 1.40 bits per heavy atom. The highest BCUT2D eigenvalue weighted by molar-refractivity contribution is 14.1. The van der Waals surface area contributed by atoms with Crippen molar-refractivity contribution in [2.24, 2.45) is 0 Å². The van der Waals surface area contributed by atoms with Crippen molar-refractivity contribution in [3.05, 3.63) is 27.8 Å². The molecule has 0 aromatic heterocycles. The fourth-order valence-corrected chi connectivity index (χ4v) is 1.26. The van der Waals surface area contributed by atoms with Crippen LogP contribution in [0.4, 0.5) is 0 Å². The van der Waals surface area contributed by atoms with E-state index in [0.717, 1.165) is 12.4 Å². The van der Waals surface area contributed by atoms with Crippen LogP contribution in [0.1, 0.15) is 6.92 Å². The first-order valence-corrected chi connectivity index (χ1v) is 4.29. The van der Waals surface area contributed by atoms with Crippen LogP contribution in [0, 0.1) is 3.57 Å². The molecule has 2 heteroatoms. The lowest BCUT2D eigenvalue weighted by Gasteiger charge is -2.03. The number of halogens is 1. The minimum atomic E-state index is 0.736. The number of hydrogen-bond donors (Lipinski definition) is 0. The van der Waals surface area contributed by atoms with Gasteiger partial charge < -0.3 is 4.74 Å². The first-order chi connectivity index (χ1) is 4.84. The van der Waals surface area contributed by atoms with E-state index in [-0.39, 0.29) is 0 Å². The topological polar surface area (TPSA) is 9.23 Å². The van der Waals surface area contributed by atoms with Crippen LogP contribution in [0.2, 0.25) is 0 Å². The average molecular weight is 248 g/mol. The molecule has 0 spiro atoms. The second kappa shape index (κ2) is 3.81. The first kappa shape index (κ1) is 7.85. The second-order valence-electron chi connectivity index (χ2n) is 1.86. The van der Waals surface area contributed by atoms with Gasteiger partial charge >= 0.3 is 0 Å². The van der Waals surface area contributed by atoms with Crippen molar-refractivity contribution < 1.29 is 4.74 Å². The Kier molecular flexibility index (Phi) is 2.99. The van der Waals surface area contributed by atoms with Gasteiger partial charge in [0, 0.05) is 0 Å². The molecule has 1 aromatic rings. The van der Waals surface area contributed by atoms with Gasteiger partial charge in [-0.3, -0.25) is 0 Å². The number of ether oxygens (including phenoxy) is 1. The normalized spacial score (nSPS) is 9.40. The molecule has 0 atom stereocenters. The van der Waals surface area contributed by atoms with Crippen molar-refractivity contribution in [2.45, 2.75) is 6.92 Å². The van der Waals surface area contributed by atoms with Crippen LogP contribution in [0.15, 0.2) is 24.3 Å². The lowest BCUT2D eigenvalue weighted by Crippen LogP contribution is -1.92. The van der Waals surface area contributed by atoms with Crippen molar-refractivity contribution >= 4 is 22.6 Å². The quantitative estimate of drug-likeness (QED) is 0.731. The van der Waals surface area contributed by atoms with E-state index in [2.05, 4.69) is 22.6 Å². The lowest BCUT2D eigenvalue weighted by molar-refractivity contribution is 0.338. The van der Waals surface area contributed by atoms with Gasteiger partial charge in [0.1, 0.15) is 5.75 Å². The van der Waals surface area contributed by atoms with E-state index in [4.69, 9.17) is 4.74 Å². The molecule has 0 amide bonds. The summed E-state index contributed by atoms with van der Waals surface area (Å²) in [6, 6.07) is 7.99. The van der Waals surface area contributed by atoms with Crippen LogP contribution in [-0.4, -0.2) is 6.61 Å². The molecule has 0 heterocycles. The Morgan fingerprint density at radius 3 is 2.70 bits per heavy atom. The smallest absolute Gasteiger partial charge is 0.132 e. The molecule has 0 aliphatic carbocycles. The van der Waals surface area contributed by atoms with Crippen molar-refractivity contribution in [1.82, 2.24) is 0 Å². The van der Waals surface area contributed by atoms with E-state index in [0.29, 0.717) is 0 Å². The lowest BCUT2D eigenvalue weighted by atomic mass is 10.3. The number of benzene rings is 1. The van der Waals surface area contributed by atoms with Crippen molar-refractivity contribution in [3.8, 4) is 5.75 Å². The Labute approximate surface area is 74.5 Å². The molecule has 0 bridgehead atoms. The second-order valence-corrected chi connectivity index (χ2v) is 3.03. The van der Waals surface area contributed by atoms with Gasteiger partial charge in [0.15, 0.2) is 0 Å².